The number of hydrogen-bond donors (Lipinski definition) is 2. The van der Waals surface area contributed by atoms with Crippen LogP contribution >= 0.6 is 11.6 Å². The number of amides is 1. The topological polar surface area (TPSA) is 78.5 Å². The maximum absolute atomic E-state index is 13.9. The van der Waals surface area contributed by atoms with Gasteiger partial charge < -0.3 is 14.7 Å². The lowest BCUT2D eigenvalue weighted by atomic mass is 9.92. The fraction of sp³-hybridized carbons (Fsp3) is 0.375. The first-order chi connectivity index (χ1) is 11.5. The Morgan fingerprint density at radius 2 is 2.29 bits per heavy atom. The van der Waals surface area contributed by atoms with E-state index in [0.29, 0.717) is 12.1 Å². The molecule has 1 fully saturated rings. The molecule has 8 heteroatoms. The Kier molecular flexibility index (Phi) is 4.84. The lowest BCUT2D eigenvalue weighted by molar-refractivity contribution is -0.124. The molecule has 0 unspecified atom stereocenters. The Hall–Kier alpha value is -1.96. The minimum absolute atomic E-state index is 0.131. The van der Waals surface area contributed by atoms with Crippen molar-refractivity contribution in [2.75, 3.05) is 26.3 Å². The molecule has 2 heterocycles. The zero-order valence-corrected chi connectivity index (χ0v) is 13.6. The van der Waals surface area contributed by atoms with Crippen molar-refractivity contribution in [1.82, 2.24) is 15.1 Å². The number of aromatic nitrogens is 2. The molecule has 1 atom stereocenters. The number of benzene rings is 1. The molecule has 1 aliphatic rings. The van der Waals surface area contributed by atoms with E-state index in [9.17, 15) is 14.3 Å². The average Bonchev–Trinajstić information content (AvgIpc) is 3.02. The van der Waals surface area contributed by atoms with Gasteiger partial charge in [0.1, 0.15) is 17.1 Å². The van der Waals surface area contributed by atoms with Gasteiger partial charge in [-0.1, -0.05) is 29.8 Å². The standard InChI is InChI=1S/C16H17ClFN3O3/c17-12-8-19-20-14(12)15(23)21-5-6-24-16(9-21,10-22)7-11-3-1-2-4-13(11)18/h1-4,8,22H,5-7,9-10H2,(H,19,20)/t16-/m0/s1. The smallest absolute Gasteiger partial charge is 0.273 e. The molecule has 0 aliphatic carbocycles. The molecule has 3 rings (SSSR count). The van der Waals surface area contributed by atoms with E-state index in [1.807, 2.05) is 0 Å². The zero-order valence-electron chi connectivity index (χ0n) is 12.8. The van der Waals surface area contributed by atoms with Gasteiger partial charge in [-0.25, -0.2) is 4.39 Å². The number of carbonyl (C=O) groups excluding carboxylic acids is 1. The third-order valence-electron chi connectivity index (χ3n) is 4.10. The monoisotopic (exact) mass is 353 g/mol. The predicted molar refractivity (Wildman–Crippen MR) is 85.4 cm³/mol. The molecule has 2 N–H and O–H groups in total. The summed E-state index contributed by atoms with van der Waals surface area (Å²) in [5, 5.41) is 16.4. The van der Waals surface area contributed by atoms with Gasteiger partial charge >= 0.3 is 0 Å². The summed E-state index contributed by atoms with van der Waals surface area (Å²) in [6.07, 6.45) is 1.52. The molecule has 128 valence electrons. The summed E-state index contributed by atoms with van der Waals surface area (Å²) in [5.41, 5.74) is -0.431. The number of halogens is 2. The Morgan fingerprint density at radius 3 is 2.96 bits per heavy atom. The predicted octanol–water partition coefficient (Wildman–Crippen LogP) is 1.65. The molecule has 1 saturated heterocycles. The molecule has 1 aromatic heterocycles. The van der Waals surface area contributed by atoms with Crippen molar-refractivity contribution in [3.05, 3.63) is 52.6 Å². The molecule has 1 amide bonds. The van der Waals surface area contributed by atoms with Crippen LogP contribution in [-0.4, -0.2) is 58.0 Å². The first-order valence-electron chi connectivity index (χ1n) is 7.51. The van der Waals surface area contributed by atoms with Gasteiger partial charge in [0.25, 0.3) is 5.91 Å². The molecule has 2 aromatic rings. The SMILES string of the molecule is O=C(c1[nH]ncc1Cl)N1CCO[C@@](CO)(Cc2ccccc2F)C1. The maximum Gasteiger partial charge on any atom is 0.273 e. The van der Waals surface area contributed by atoms with Gasteiger partial charge in [0.05, 0.1) is 31.0 Å². The fourth-order valence-electron chi connectivity index (χ4n) is 2.85. The number of hydrogen-bond acceptors (Lipinski definition) is 4. The van der Waals surface area contributed by atoms with Crippen molar-refractivity contribution in [3.63, 3.8) is 0 Å². The maximum atomic E-state index is 13.9. The Bertz CT molecular complexity index is 739. The lowest BCUT2D eigenvalue weighted by Gasteiger charge is -2.41. The molecular weight excluding hydrogens is 337 g/mol. The van der Waals surface area contributed by atoms with Crippen LogP contribution in [0.4, 0.5) is 4.39 Å². The quantitative estimate of drug-likeness (QED) is 0.876. The van der Waals surface area contributed by atoms with Crippen LogP contribution in [0.1, 0.15) is 16.1 Å². The molecule has 6 nitrogen and oxygen atoms in total. The van der Waals surface area contributed by atoms with E-state index >= 15 is 0 Å². The second kappa shape index (κ2) is 6.88. The number of aromatic amines is 1. The first-order valence-corrected chi connectivity index (χ1v) is 7.89. The minimum atomic E-state index is -1.05. The molecular formula is C16H17ClFN3O3. The summed E-state index contributed by atoms with van der Waals surface area (Å²) in [7, 11) is 0. The lowest BCUT2D eigenvalue weighted by Crippen LogP contribution is -2.57. The first kappa shape index (κ1) is 16.9. The summed E-state index contributed by atoms with van der Waals surface area (Å²) in [6, 6.07) is 6.32. The van der Waals surface area contributed by atoms with Crippen LogP contribution < -0.4 is 0 Å². The number of nitrogens with one attached hydrogen (secondary N) is 1. The molecule has 24 heavy (non-hydrogen) atoms. The summed E-state index contributed by atoms with van der Waals surface area (Å²) in [6.45, 7) is 0.396. The van der Waals surface area contributed by atoms with Crippen molar-refractivity contribution >= 4 is 17.5 Å². The average molecular weight is 354 g/mol. The van der Waals surface area contributed by atoms with Crippen molar-refractivity contribution < 1.29 is 19.0 Å². The largest absolute Gasteiger partial charge is 0.393 e. The molecule has 0 saturated carbocycles. The van der Waals surface area contributed by atoms with Crippen LogP contribution in [-0.2, 0) is 11.2 Å². The van der Waals surface area contributed by atoms with E-state index in [2.05, 4.69) is 10.2 Å². The van der Waals surface area contributed by atoms with E-state index in [4.69, 9.17) is 16.3 Å². The van der Waals surface area contributed by atoms with E-state index < -0.39 is 5.60 Å². The van der Waals surface area contributed by atoms with Crippen molar-refractivity contribution in [3.8, 4) is 0 Å². The number of carbonyl (C=O) groups is 1. The van der Waals surface area contributed by atoms with Gasteiger partial charge in [0.2, 0.25) is 0 Å². The Labute approximate surface area is 143 Å². The van der Waals surface area contributed by atoms with Gasteiger partial charge in [-0.15, -0.1) is 0 Å². The van der Waals surface area contributed by atoms with Crippen LogP contribution in [0.5, 0.6) is 0 Å². The van der Waals surface area contributed by atoms with Crippen LogP contribution in [0, 0.1) is 5.82 Å². The molecule has 0 bridgehead atoms. The van der Waals surface area contributed by atoms with Crippen molar-refractivity contribution in [2.24, 2.45) is 0 Å². The number of aliphatic hydroxyl groups is 1. The second-order valence-corrected chi connectivity index (χ2v) is 6.18. The highest BCUT2D eigenvalue weighted by atomic mass is 35.5. The number of rotatable bonds is 4. The molecule has 0 spiro atoms. The van der Waals surface area contributed by atoms with E-state index in [0.717, 1.165) is 0 Å². The second-order valence-electron chi connectivity index (χ2n) is 5.78. The summed E-state index contributed by atoms with van der Waals surface area (Å²) < 4.78 is 19.7. The highest BCUT2D eigenvalue weighted by Gasteiger charge is 2.39. The summed E-state index contributed by atoms with van der Waals surface area (Å²) in [5.74, 6) is -0.693. The third kappa shape index (κ3) is 3.28. The molecule has 1 aromatic carbocycles. The minimum Gasteiger partial charge on any atom is -0.393 e. The Balaban J connectivity index is 1.81. The molecule has 1 aliphatic heterocycles. The highest BCUT2D eigenvalue weighted by molar-refractivity contribution is 6.33. The number of ether oxygens (including phenoxy) is 1. The number of morpholine rings is 1. The van der Waals surface area contributed by atoms with Gasteiger partial charge in [-0.05, 0) is 11.6 Å². The Morgan fingerprint density at radius 1 is 1.50 bits per heavy atom. The van der Waals surface area contributed by atoms with Crippen molar-refractivity contribution in [1.29, 1.82) is 0 Å². The van der Waals surface area contributed by atoms with E-state index in [-0.39, 0.29) is 48.6 Å². The summed E-state index contributed by atoms with van der Waals surface area (Å²) >= 11 is 5.94. The molecule has 0 radical (unpaired) electrons. The van der Waals surface area contributed by atoms with E-state index in [1.54, 1.807) is 18.2 Å². The van der Waals surface area contributed by atoms with Gasteiger partial charge in [0.15, 0.2) is 0 Å². The van der Waals surface area contributed by atoms with Gasteiger partial charge in [-0.2, -0.15) is 5.10 Å². The van der Waals surface area contributed by atoms with E-state index in [1.165, 1.54) is 17.2 Å². The fourth-order valence-corrected chi connectivity index (χ4v) is 3.02. The van der Waals surface area contributed by atoms with Crippen LogP contribution in [0.25, 0.3) is 0 Å². The van der Waals surface area contributed by atoms with Crippen LogP contribution in [0.15, 0.2) is 30.5 Å². The van der Waals surface area contributed by atoms with Crippen LogP contribution in [0.2, 0.25) is 5.02 Å². The van der Waals surface area contributed by atoms with Gasteiger partial charge in [0, 0.05) is 13.0 Å². The normalized spacial score (nSPS) is 21.0. The number of nitrogens with zero attached hydrogens (tertiary/aromatic N) is 2. The number of H-pyrrole nitrogens is 1. The summed E-state index contributed by atoms with van der Waals surface area (Å²) in [4.78, 5) is 14.1. The number of aliphatic hydroxyl groups excluding tert-OH is 1. The third-order valence-corrected chi connectivity index (χ3v) is 4.39. The van der Waals surface area contributed by atoms with Crippen LogP contribution in [0.3, 0.4) is 0 Å². The zero-order chi connectivity index (χ0) is 17.2. The highest BCUT2D eigenvalue weighted by Crippen LogP contribution is 2.26. The van der Waals surface area contributed by atoms with Crippen molar-refractivity contribution in [2.45, 2.75) is 12.0 Å². The van der Waals surface area contributed by atoms with Gasteiger partial charge in [-0.3, -0.25) is 9.89 Å².